The van der Waals surface area contributed by atoms with Gasteiger partial charge in [-0.3, -0.25) is 0 Å². The first-order valence-electron chi connectivity index (χ1n) is 12.0. The van der Waals surface area contributed by atoms with Crippen LogP contribution in [0.5, 0.6) is 0 Å². The molecule has 0 aromatic heterocycles. The summed E-state index contributed by atoms with van der Waals surface area (Å²) in [4.78, 5) is 24.4. The molecule has 172 valence electrons. The summed E-state index contributed by atoms with van der Waals surface area (Å²) in [6.07, 6.45) is 18.7. The molecule has 0 heterocycles. The van der Waals surface area contributed by atoms with Crippen LogP contribution in [-0.2, 0) is 19.1 Å². The van der Waals surface area contributed by atoms with Crippen molar-refractivity contribution in [1.29, 1.82) is 0 Å². The van der Waals surface area contributed by atoms with E-state index in [0.717, 1.165) is 17.5 Å². The fraction of sp³-hybridized carbons (Fsp3) is 0.556. The molecule has 4 nitrogen and oxygen atoms in total. The molecule has 4 heteroatoms. The Morgan fingerprint density at radius 2 is 1.26 bits per heavy atom. The summed E-state index contributed by atoms with van der Waals surface area (Å²) in [5.41, 5.74) is 1.68. The third-order valence-electron chi connectivity index (χ3n) is 5.06. The molecule has 0 aliphatic carbocycles. The van der Waals surface area contributed by atoms with Gasteiger partial charge < -0.3 is 9.47 Å². The summed E-state index contributed by atoms with van der Waals surface area (Å²) in [7, 11) is 0. The van der Waals surface area contributed by atoms with Crippen LogP contribution in [0.2, 0.25) is 0 Å². The zero-order valence-corrected chi connectivity index (χ0v) is 19.7. The maximum absolute atomic E-state index is 12.2. The van der Waals surface area contributed by atoms with E-state index in [9.17, 15) is 9.59 Å². The number of ether oxygens (including phenoxy) is 2. The van der Waals surface area contributed by atoms with Gasteiger partial charge >= 0.3 is 11.9 Å². The largest absolute Gasteiger partial charge is 0.462 e. The van der Waals surface area contributed by atoms with Crippen LogP contribution in [0.4, 0.5) is 0 Å². The van der Waals surface area contributed by atoms with Gasteiger partial charge in [-0.2, -0.15) is 0 Å². The molecule has 0 radical (unpaired) electrons. The summed E-state index contributed by atoms with van der Waals surface area (Å²) >= 11 is 0. The van der Waals surface area contributed by atoms with Gasteiger partial charge in [0.1, 0.15) is 5.57 Å². The molecule has 31 heavy (non-hydrogen) atoms. The van der Waals surface area contributed by atoms with Crippen LogP contribution >= 0.6 is 0 Å². The van der Waals surface area contributed by atoms with Crippen LogP contribution < -0.4 is 0 Å². The molecule has 0 aliphatic heterocycles. The molecular weight excluding hydrogens is 388 g/mol. The number of allylic oxidation sites excluding steroid dienone is 1. The van der Waals surface area contributed by atoms with E-state index < -0.39 is 11.9 Å². The van der Waals surface area contributed by atoms with E-state index in [4.69, 9.17) is 9.47 Å². The van der Waals surface area contributed by atoms with E-state index in [2.05, 4.69) is 19.1 Å². The fourth-order valence-electron chi connectivity index (χ4n) is 3.35. The van der Waals surface area contributed by atoms with Crippen molar-refractivity contribution >= 4 is 24.1 Å². The van der Waals surface area contributed by atoms with Crippen LogP contribution in [0.25, 0.3) is 12.2 Å². The first kappa shape index (κ1) is 26.7. The maximum Gasteiger partial charge on any atom is 0.345 e. The standard InChI is InChI=1S/C27H40O4/c1-4-7-8-9-10-11-12-13-14-15-16-19-23-20-17-18-21-24(23)22-25(26(28)30-5-2)27(29)31-6-3/h16-22H,4-15H2,1-3H3. The molecule has 0 amide bonds. The second-order valence-electron chi connectivity index (χ2n) is 7.65. The van der Waals surface area contributed by atoms with Gasteiger partial charge in [-0.1, -0.05) is 94.7 Å². The Morgan fingerprint density at radius 1 is 0.742 bits per heavy atom. The lowest BCUT2D eigenvalue weighted by molar-refractivity contribution is -0.146. The summed E-state index contributed by atoms with van der Waals surface area (Å²) < 4.78 is 10.1. The molecule has 0 N–H and O–H groups in total. The Kier molecular flexibility index (Phi) is 14.9. The van der Waals surface area contributed by atoms with Crippen molar-refractivity contribution < 1.29 is 19.1 Å². The number of esters is 2. The minimum absolute atomic E-state index is 0.0801. The van der Waals surface area contributed by atoms with Crippen molar-refractivity contribution in [2.24, 2.45) is 0 Å². The maximum atomic E-state index is 12.2. The number of rotatable bonds is 16. The molecule has 1 aromatic rings. The lowest BCUT2D eigenvalue weighted by Gasteiger charge is -2.08. The molecular formula is C27H40O4. The lowest BCUT2D eigenvalue weighted by atomic mass is 10.0. The highest BCUT2D eigenvalue weighted by Gasteiger charge is 2.21. The van der Waals surface area contributed by atoms with E-state index in [0.29, 0.717) is 0 Å². The number of hydrogen-bond donors (Lipinski definition) is 0. The highest BCUT2D eigenvalue weighted by molar-refractivity contribution is 6.17. The number of carbonyl (C=O) groups is 2. The third-order valence-corrected chi connectivity index (χ3v) is 5.06. The zero-order chi connectivity index (χ0) is 22.7. The molecule has 0 bridgehead atoms. The third kappa shape index (κ3) is 11.6. The van der Waals surface area contributed by atoms with E-state index in [1.165, 1.54) is 57.8 Å². The topological polar surface area (TPSA) is 52.6 Å². The van der Waals surface area contributed by atoms with Crippen LogP contribution in [0.1, 0.15) is 96.1 Å². The van der Waals surface area contributed by atoms with Crippen LogP contribution in [0.15, 0.2) is 35.9 Å². The predicted molar refractivity (Wildman–Crippen MR) is 129 cm³/mol. The summed E-state index contributed by atoms with van der Waals surface area (Å²) in [6.45, 7) is 6.08. The smallest absolute Gasteiger partial charge is 0.345 e. The quantitative estimate of drug-likeness (QED) is 0.0924. The average Bonchev–Trinajstić information content (AvgIpc) is 2.76. The fourth-order valence-corrected chi connectivity index (χ4v) is 3.35. The summed E-state index contributed by atoms with van der Waals surface area (Å²) in [6, 6.07) is 7.70. The first-order valence-corrected chi connectivity index (χ1v) is 12.0. The number of unbranched alkanes of at least 4 members (excludes halogenated alkanes) is 9. The Hall–Kier alpha value is -2.36. The molecule has 0 atom stereocenters. The van der Waals surface area contributed by atoms with Gasteiger partial charge in [-0.05, 0) is 43.9 Å². The van der Waals surface area contributed by atoms with Crippen molar-refractivity contribution in [3.05, 3.63) is 47.0 Å². The van der Waals surface area contributed by atoms with Crippen LogP contribution in [0.3, 0.4) is 0 Å². The monoisotopic (exact) mass is 428 g/mol. The second-order valence-corrected chi connectivity index (χ2v) is 7.65. The van der Waals surface area contributed by atoms with Gasteiger partial charge in [0.25, 0.3) is 0 Å². The van der Waals surface area contributed by atoms with Gasteiger partial charge in [-0.15, -0.1) is 0 Å². The summed E-state index contributed by atoms with van der Waals surface area (Å²) in [5.74, 6) is -1.32. The van der Waals surface area contributed by atoms with Gasteiger partial charge in [0.05, 0.1) is 13.2 Å². The number of carbonyl (C=O) groups excluding carboxylic acids is 2. The van der Waals surface area contributed by atoms with Crippen molar-refractivity contribution in [1.82, 2.24) is 0 Å². The number of benzene rings is 1. The Balaban J connectivity index is 2.62. The van der Waals surface area contributed by atoms with Gasteiger partial charge in [0, 0.05) is 0 Å². The molecule has 0 unspecified atom stereocenters. The molecule has 0 spiro atoms. The van der Waals surface area contributed by atoms with E-state index in [1.54, 1.807) is 19.9 Å². The van der Waals surface area contributed by atoms with Crippen LogP contribution in [0, 0.1) is 0 Å². The van der Waals surface area contributed by atoms with Crippen molar-refractivity contribution in [3.63, 3.8) is 0 Å². The predicted octanol–water partition coefficient (Wildman–Crippen LogP) is 7.13. The molecule has 0 fully saturated rings. The van der Waals surface area contributed by atoms with E-state index in [-0.39, 0.29) is 18.8 Å². The Morgan fingerprint density at radius 3 is 1.81 bits per heavy atom. The van der Waals surface area contributed by atoms with Crippen molar-refractivity contribution in [2.45, 2.75) is 85.0 Å². The minimum atomic E-state index is -0.658. The molecule has 0 saturated heterocycles. The first-order chi connectivity index (χ1) is 15.1. The van der Waals surface area contributed by atoms with Gasteiger partial charge in [0.2, 0.25) is 0 Å². The zero-order valence-electron chi connectivity index (χ0n) is 19.7. The Bertz CT molecular complexity index is 683. The molecule has 0 aliphatic rings. The van der Waals surface area contributed by atoms with Crippen molar-refractivity contribution in [3.8, 4) is 0 Å². The van der Waals surface area contributed by atoms with E-state index in [1.807, 2.05) is 24.3 Å². The van der Waals surface area contributed by atoms with Crippen LogP contribution in [-0.4, -0.2) is 25.2 Å². The van der Waals surface area contributed by atoms with Gasteiger partial charge in [0.15, 0.2) is 0 Å². The summed E-state index contributed by atoms with van der Waals surface area (Å²) in [5, 5.41) is 0. The SMILES string of the molecule is CCCCCCCCCCCC=Cc1ccccc1C=C(C(=O)OCC)C(=O)OCC. The molecule has 0 saturated carbocycles. The highest BCUT2D eigenvalue weighted by atomic mass is 16.6. The van der Waals surface area contributed by atoms with Gasteiger partial charge in [-0.25, -0.2) is 9.59 Å². The lowest BCUT2D eigenvalue weighted by Crippen LogP contribution is -2.18. The normalized spacial score (nSPS) is 10.8. The molecule has 1 aromatic carbocycles. The van der Waals surface area contributed by atoms with E-state index >= 15 is 0 Å². The number of hydrogen-bond acceptors (Lipinski definition) is 4. The second kappa shape index (κ2) is 17.3. The Labute approximate surface area is 188 Å². The van der Waals surface area contributed by atoms with Crippen molar-refractivity contribution in [2.75, 3.05) is 13.2 Å². The average molecular weight is 429 g/mol. The molecule has 1 rings (SSSR count). The minimum Gasteiger partial charge on any atom is -0.462 e. The highest BCUT2D eigenvalue weighted by Crippen LogP contribution is 2.18.